The second kappa shape index (κ2) is 4.86. The molecule has 0 unspecified atom stereocenters. The van der Waals surface area contributed by atoms with E-state index >= 15 is 0 Å². The van der Waals surface area contributed by atoms with Crippen LogP contribution in [-0.4, -0.2) is 12.7 Å². The van der Waals surface area contributed by atoms with E-state index in [2.05, 4.69) is 5.32 Å². The van der Waals surface area contributed by atoms with E-state index < -0.39 is 6.09 Å². The molecule has 1 rings (SSSR count). The molecule has 4 heteroatoms. The highest BCUT2D eigenvalue weighted by Gasteiger charge is 2.04. The van der Waals surface area contributed by atoms with Crippen molar-refractivity contribution in [2.75, 3.05) is 11.9 Å². The van der Waals surface area contributed by atoms with Crippen molar-refractivity contribution < 1.29 is 9.53 Å². The van der Waals surface area contributed by atoms with E-state index in [1.54, 1.807) is 19.1 Å². The van der Waals surface area contributed by atoms with E-state index in [4.69, 9.17) is 16.3 Å². The molecule has 0 aliphatic carbocycles. The van der Waals surface area contributed by atoms with E-state index in [1.165, 1.54) is 0 Å². The predicted molar refractivity (Wildman–Crippen MR) is 56.8 cm³/mol. The molecule has 76 valence electrons. The highest BCUT2D eigenvalue weighted by molar-refractivity contribution is 6.30. The maximum atomic E-state index is 11.1. The molecule has 0 aromatic heterocycles. The lowest BCUT2D eigenvalue weighted by atomic mass is 10.2. The number of hydrogen-bond donors (Lipinski definition) is 1. The summed E-state index contributed by atoms with van der Waals surface area (Å²) >= 11 is 5.79. The normalized spacial score (nSPS) is 9.64. The molecule has 1 aromatic rings. The molecular formula is C10H12ClNO2. The number of carbonyl (C=O) groups excluding carboxylic acids is 1. The third kappa shape index (κ3) is 2.92. The van der Waals surface area contributed by atoms with Crippen molar-refractivity contribution in [3.8, 4) is 0 Å². The van der Waals surface area contributed by atoms with Gasteiger partial charge in [0.15, 0.2) is 0 Å². The van der Waals surface area contributed by atoms with Crippen LogP contribution >= 0.6 is 11.6 Å². The number of rotatable bonds is 2. The molecule has 0 saturated heterocycles. The first-order valence-corrected chi connectivity index (χ1v) is 4.71. The number of aryl methyl sites for hydroxylation is 1. The number of ether oxygens (including phenoxy) is 1. The highest BCUT2D eigenvalue weighted by Crippen LogP contribution is 2.20. The molecule has 0 aliphatic rings. The van der Waals surface area contributed by atoms with Crippen molar-refractivity contribution in [3.05, 3.63) is 28.8 Å². The predicted octanol–water partition coefficient (Wildman–Crippen LogP) is 3.22. The fraction of sp³-hybridized carbons (Fsp3) is 0.300. The summed E-state index contributed by atoms with van der Waals surface area (Å²) in [6.07, 6.45) is -0.460. The molecule has 0 aliphatic heterocycles. The summed E-state index contributed by atoms with van der Waals surface area (Å²) in [6.45, 7) is 3.99. The van der Waals surface area contributed by atoms with Gasteiger partial charge in [0, 0.05) is 10.7 Å². The van der Waals surface area contributed by atoms with Crippen molar-refractivity contribution in [2.24, 2.45) is 0 Å². The molecule has 0 atom stereocenters. The first-order valence-electron chi connectivity index (χ1n) is 4.33. The summed E-state index contributed by atoms with van der Waals surface area (Å²) in [5, 5.41) is 3.19. The zero-order valence-electron chi connectivity index (χ0n) is 8.13. The largest absolute Gasteiger partial charge is 0.450 e. The second-order valence-corrected chi connectivity index (χ2v) is 3.24. The van der Waals surface area contributed by atoms with Crippen LogP contribution in [0.25, 0.3) is 0 Å². The molecule has 3 nitrogen and oxygen atoms in total. The van der Waals surface area contributed by atoms with Gasteiger partial charge in [-0.2, -0.15) is 0 Å². The van der Waals surface area contributed by atoms with Gasteiger partial charge in [0.2, 0.25) is 0 Å². The smallest absolute Gasteiger partial charge is 0.411 e. The Morgan fingerprint density at radius 2 is 2.29 bits per heavy atom. The zero-order chi connectivity index (χ0) is 10.6. The van der Waals surface area contributed by atoms with Gasteiger partial charge in [-0.25, -0.2) is 4.79 Å². The summed E-state index contributed by atoms with van der Waals surface area (Å²) < 4.78 is 4.75. The van der Waals surface area contributed by atoms with Crippen LogP contribution < -0.4 is 5.32 Å². The van der Waals surface area contributed by atoms with Crippen molar-refractivity contribution in [1.82, 2.24) is 0 Å². The van der Waals surface area contributed by atoms with E-state index in [1.807, 2.05) is 13.0 Å². The minimum Gasteiger partial charge on any atom is -0.450 e. The molecule has 0 heterocycles. The molecule has 1 amide bonds. The third-order valence-electron chi connectivity index (χ3n) is 1.71. The van der Waals surface area contributed by atoms with Gasteiger partial charge in [0.1, 0.15) is 0 Å². The number of anilines is 1. The summed E-state index contributed by atoms with van der Waals surface area (Å²) in [7, 11) is 0. The van der Waals surface area contributed by atoms with Gasteiger partial charge in [-0.15, -0.1) is 0 Å². The molecule has 1 aromatic carbocycles. The summed E-state index contributed by atoms with van der Waals surface area (Å²) in [6, 6.07) is 5.30. The van der Waals surface area contributed by atoms with Crippen molar-refractivity contribution >= 4 is 23.4 Å². The zero-order valence-corrected chi connectivity index (χ0v) is 8.89. The fourth-order valence-electron chi connectivity index (χ4n) is 1.01. The van der Waals surface area contributed by atoms with Crippen molar-refractivity contribution in [3.63, 3.8) is 0 Å². The minimum atomic E-state index is -0.460. The molecule has 0 radical (unpaired) electrons. The van der Waals surface area contributed by atoms with Gasteiger partial charge in [-0.3, -0.25) is 5.32 Å². The van der Waals surface area contributed by atoms with Crippen molar-refractivity contribution in [1.29, 1.82) is 0 Å². The molecule has 0 bridgehead atoms. The quantitative estimate of drug-likeness (QED) is 0.819. The minimum absolute atomic E-state index is 0.353. The molecule has 0 fully saturated rings. The average molecular weight is 214 g/mol. The lowest BCUT2D eigenvalue weighted by Gasteiger charge is -2.08. The van der Waals surface area contributed by atoms with Crippen LogP contribution in [0.2, 0.25) is 5.02 Å². The van der Waals surface area contributed by atoms with E-state index in [-0.39, 0.29) is 0 Å². The van der Waals surface area contributed by atoms with Crippen LogP contribution in [0.5, 0.6) is 0 Å². The van der Waals surface area contributed by atoms with Gasteiger partial charge < -0.3 is 4.74 Å². The molecule has 0 saturated carbocycles. The number of hydrogen-bond acceptors (Lipinski definition) is 2. The Bertz CT molecular complexity index is 339. The molecular weight excluding hydrogens is 202 g/mol. The van der Waals surface area contributed by atoms with Crippen LogP contribution in [0.3, 0.4) is 0 Å². The number of carbonyl (C=O) groups is 1. The van der Waals surface area contributed by atoms with Crippen LogP contribution in [0.4, 0.5) is 10.5 Å². The van der Waals surface area contributed by atoms with Crippen LogP contribution in [0.15, 0.2) is 18.2 Å². The number of amides is 1. The van der Waals surface area contributed by atoms with Crippen LogP contribution in [0, 0.1) is 6.92 Å². The Labute approximate surface area is 88.0 Å². The van der Waals surface area contributed by atoms with Crippen molar-refractivity contribution in [2.45, 2.75) is 13.8 Å². The van der Waals surface area contributed by atoms with Crippen LogP contribution in [0.1, 0.15) is 12.5 Å². The average Bonchev–Trinajstić information content (AvgIpc) is 2.12. The number of halogens is 1. The molecule has 0 spiro atoms. The van der Waals surface area contributed by atoms with Gasteiger partial charge in [0.25, 0.3) is 0 Å². The Balaban J connectivity index is 2.75. The molecule has 1 N–H and O–H groups in total. The number of nitrogens with one attached hydrogen (secondary N) is 1. The molecule has 14 heavy (non-hydrogen) atoms. The van der Waals surface area contributed by atoms with Gasteiger partial charge in [-0.1, -0.05) is 17.7 Å². The topological polar surface area (TPSA) is 38.3 Å². The van der Waals surface area contributed by atoms with E-state index in [0.29, 0.717) is 17.3 Å². The first-order chi connectivity index (χ1) is 6.63. The van der Waals surface area contributed by atoms with Gasteiger partial charge >= 0.3 is 6.09 Å². The standard InChI is InChI=1S/C10H12ClNO2/c1-3-14-10(13)12-9-6-8(11)5-4-7(9)2/h4-6H,3H2,1-2H3,(H,12,13). The Kier molecular flexibility index (Phi) is 3.77. The maximum absolute atomic E-state index is 11.1. The first kappa shape index (κ1) is 10.9. The Morgan fingerprint density at radius 3 is 2.93 bits per heavy atom. The van der Waals surface area contributed by atoms with E-state index in [0.717, 1.165) is 5.56 Å². The van der Waals surface area contributed by atoms with Crippen LogP contribution in [-0.2, 0) is 4.74 Å². The highest BCUT2D eigenvalue weighted by atomic mass is 35.5. The lowest BCUT2D eigenvalue weighted by molar-refractivity contribution is 0.168. The Morgan fingerprint density at radius 1 is 1.57 bits per heavy atom. The van der Waals surface area contributed by atoms with E-state index in [9.17, 15) is 4.79 Å². The SMILES string of the molecule is CCOC(=O)Nc1cc(Cl)ccc1C. The third-order valence-corrected chi connectivity index (χ3v) is 1.95. The second-order valence-electron chi connectivity index (χ2n) is 2.80. The lowest BCUT2D eigenvalue weighted by Crippen LogP contribution is -2.13. The van der Waals surface area contributed by atoms with Gasteiger partial charge in [-0.05, 0) is 31.5 Å². The Hall–Kier alpha value is -1.22. The summed E-state index contributed by atoms with van der Waals surface area (Å²) in [4.78, 5) is 11.1. The summed E-state index contributed by atoms with van der Waals surface area (Å²) in [5.41, 5.74) is 1.62. The summed E-state index contributed by atoms with van der Waals surface area (Å²) in [5.74, 6) is 0. The number of benzene rings is 1. The fourth-order valence-corrected chi connectivity index (χ4v) is 1.18. The monoisotopic (exact) mass is 213 g/mol. The van der Waals surface area contributed by atoms with Gasteiger partial charge in [0.05, 0.1) is 6.61 Å². The maximum Gasteiger partial charge on any atom is 0.411 e.